The van der Waals surface area contributed by atoms with Crippen LogP contribution in [0.3, 0.4) is 0 Å². The van der Waals surface area contributed by atoms with Crippen molar-refractivity contribution in [3.8, 4) is 33.4 Å². The van der Waals surface area contributed by atoms with Gasteiger partial charge in [-0.1, -0.05) is 173 Å². The normalized spacial score (nSPS) is 13.6. The Morgan fingerprint density at radius 3 is 1.60 bits per heavy atom. The van der Waals surface area contributed by atoms with Gasteiger partial charge >= 0.3 is 0 Å². The number of nitrogens with zero attached hydrogens (tertiary/aromatic N) is 1. The fraction of sp³-hybridized carbons (Fsp3) is 0.137. The van der Waals surface area contributed by atoms with Crippen LogP contribution in [0.1, 0.15) is 67.9 Å². The lowest BCUT2D eigenvalue weighted by atomic mass is 9.80. The minimum atomic E-state index is 0.0326. The summed E-state index contributed by atoms with van der Waals surface area (Å²) in [7, 11) is 0. The smallest absolute Gasteiger partial charge is 0.0465 e. The van der Waals surface area contributed by atoms with Gasteiger partial charge in [0, 0.05) is 23.0 Å². The summed E-state index contributed by atoms with van der Waals surface area (Å²) in [6, 6.07) is 62.0. The number of anilines is 3. The SMILES string of the molecule is CCC1c2cc(/C=C/c3ccc(-c4ccc(-c5ccccc5)c(C(C)(C)C)c4)cc3)ccc2-c2ccc(N(c3ccccc3)c3ccccc3)cc21. The van der Waals surface area contributed by atoms with Crippen LogP contribution >= 0.6 is 0 Å². The molecule has 52 heavy (non-hydrogen) atoms. The Morgan fingerprint density at radius 1 is 0.462 bits per heavy atom. The summed E-state index contributed by atoms with van der Waals surface area (Å²) in [5, 5.41) is 0. The Balaban J connectivity index is 1.05. The van der Waals surface area contributed by atoms with Gasteiger partial charge in [-0.05, 0) is 109 Å². The van der Waals surface area contributed by atoms with E-state index in [0.717, 1.165) is 17.8 Å². The van der Waals surface area contributed by atoms with Crippen molar-refractivity contribution in [1.29, 1.82) is 0 Å². The molecule has 0 aromatic heterocycles. The molecule has 0 fully saturated rings. The third-order valence-corrected chi connectivity index (χ3v) is 10.5. The monoisotopic (exact) mass is 671 g/mol. The third kappa shape index (κ3) is 6.51. The van der Waals surface area contributed by atoms with Crippen LogP contribution in [0.15, 0.2) is 170 Å². The lowest BCUT2D eigenvalue weighted by Gasteiger charge is -2.26. The Morgan fingerprint density at radius 2 is 0.981 bits per heavy atom. The molecular formula is C51H45N. The Bertz CT molecular complexity index is 2300. The second-order valence-electron chi connectivity index (χ2n) is 14.9. The third-order valence-electron chi connectivity index (χ3n) is 10.5. The number of hydrogen-bond acceptors (Lipinski definition) is 1. The van der Waals surface area contributed by atoms with E-state index in [-0.39, 0.29) is 5.41 Å². The first-order valence-corrected chi connectivity index (χ1v) is 18.5. The van der Waals surface area contributed by atoms with E-state index < -0.39 is 0 Å². The van der Waals surface area contributed by atoms with Crippen LogP contribution in [0, 0.1) is 0 Å². The molecule has 1 atom stereocenters. The van der Waals surface area contributed by atoms with E-state index in [0.29, 0.717) is 5.92 Å². The Hall–Kier alpha value is -5.92. The van der Waals surface area contributed by atoms with Crippen LogP contribution in [0.25, 0.3) is 45.5 Å². The predicted molar refractivity (Wildman–Crippen MR) is 224 cm³/mol. The first kappa shape index (κ1) is 33.2. The van der Waals surface area contributed by atoms with Crippen molar-refractivity contribution < 1.29 is 0 Å². The van der Waals surface area contributed by atoms with Gasteiger partial charge in [-0.2, -0.15) is 0 Å². The molecule has 1 aliphatic carbocycles. The summed E-state index contributed by atoms with van der Waals surface area (Å²) in [5.74, 6) is 0.359. The number of benzene rings is 7. The van der Waals surface area contributed by atoms with Gasteiger partial charge in [0.2, 0.25) is 0 Å². The molecule has 0 saturated heterocycles. The second-order valence-corrected chi connectivity index (χ2v) is 14.9. The maximum absolute atomic E-state index is 2.42. The molecule has 0 radical (unpaired) electrons. The van der Waals surface area contributed by atoms with Crippen LogP contribution in [0.5, 0.6) is 0 Å². The minimum absolute atomic E-state index is 0.0326. The number of fused-ring (bicyclic) bond motifs is 3. The average Bonchev–Trinajstić information content (AvgIpc) is 3.50. The van der Waals surface area contributed by atoms with Crippen LogP contribution < -0.4 is 4.90 Å². The first-order chi connectivity index (χ1) is 25.4. The van der Waals surface area contributed by atoms with E-state index in [1.807, 2.05) is 0 Å². The highest BCUT2D eigenvalue weighted by molar-refractivity contribution is 5.86. The second kappa shape index (κ2) is 14.0. The lowest BCUT2D eigenvalue weighted by Crippen LogP contribution is -2.13. The quantitative estimate of drug-likeness (QED) is 0.145. The molecule has 8 rings (SSSR count). The lowest BCUT2D eigenvalue weighted by molar-refractivity contribution is 0.592. The molecule has 0 aliphatic heterocycles. The highest BCUT2D eigenvalue weighted by Crippen LogP contribution is 2.49. The Labute approximate surface area is 309 Å². The van der Waals surface area contributed by atoms with Crippen molar-refractivity contribution in [2.75, 3.05) is 4.90 Å². The molecule has 1 nitrogen and oxygen atoms in total. The summed E-state index contributed by atoms with van der Waals surface area (Å²) < 4.78 is 0. The summed E-state index contributed by atoms with van der Waals surface area (Å²) in [4.78, 5) is 2.36. The van der Waals surface area contributed by atoms with Crippen molar-refractivity contribution in [2.24, 2.45) is 0 Å². The van der Waals surface area contributed by atoms with Crippen molar-refractivity contribution in [3.05, 3.63) is 198 Å². The van der Waals surface area contributed by atoms with Gasteiger partial charge in [0.1, 0.15) is 0 Å². The van der Waals surface area contributed by atoms with Crippen molar-refractivity contribution in [2.45, 2.75) is 45.4 Å². The van der Waals surface area contributed by atoms with E-state index in [9.17, 15) is 0 Å². The van der Waals surface area contributed by atoms with Crippen LogP contribution in [-0.4, -0.2) is 0 Å². The van der Waals surface area contributed by atoms with Crippen LogP contribution in [0.4, 0.5) is 17.1 Å². The molecule has 1 aliphatic rings. The molecule has 254 valence electrons. The van der Waals surface area contributed by atoms with Gasteiger partial charge in [-0.3, -0.25) is 0 Å². The van der Waals surface area contributed by atoms with Gasteiger partial charge in [0.15, 0.2) is 0 Å². The summed E-state index contributed by atoms with van der Waals surface area (Å²) in [6.07, 6.45) is 5.55. The fourth-order valence-electron chi connectivity index (χ4n) is 7.84. The molecule has 0 N–H and O–H groups in total. The van der Waals surface area contributed by atoms with Crippen LogP contribution in [-0.2, 0) is 5.41 Å². The van der Waals surface area contributed by atoms with Crippen LogP contribution in [0.2, 0.25) is 0 Å². The van der Waals surface area contributed by atoms with Crippen molar-refractivity contribution >= 4 is 29.2 Å². The largest absolute Gasteiger partial charge is 0.310 e. The highest BCUT2D eigenvalue weighted by atomic mass is 15.1. The van der Waals surface area contributed by atoms with Gasteiger partial charge in [-0.15, -0.1) is 0 Å². The van der Waals surface area contributed by atoms with E-state index in [4.69, 9.17) is 0 Å². The zero-order valence-electron chi connectivity index (χ0n) is 30.6. The molecule has 0 bridgehead atoms. The zero-order valence-corrected chi connectivity index (χ0v) is 30.6. The summed E-state index contributed by atoms with van der Waals surface area (Å²) in [5.41, 5.74) is 17.9. The van der Waals surface area contributed by atoms with Gasteiger partial charge in [0.05, 0.1) is 0 Å². The Kier molecular flexibility index (Phi) is 8.95. The number of para-hydroxylation sites is 2. The van der Waals surface area contributed by atoms with E-state index in [2.05, 4.69) is 215 Å². The molecule has 1 unspecified atom stereocenters. The zero-order chi connectivity index (χ0) is 35.7. The standard InChI is InChI=1S/C51H45N/c1-5-44-48-33-37(22-21-36-23-26-38(27-24-36)40-28-31-45(39-15-9-6-10-16-39)50(34-40)51(2,3)4)25-30-46(48)47-32-29-43(35-49(44)47)52(41-17-11-7-12-18-41)42-19-13-8-14-20-42/h6-35,44H,5H2,1-4H3/b22-21+. The maximum atomic E-state index is 2.42. The predicted octanol–water partition coefficient (Wildman–Crippen LogP) is 14.5. The molecule has 7 aromatic carbocycles. The number of hydrogen-bond donors (Lipinski definition) is 0. The van der Waals surface area contributed by atoms with Gasteiger partial charge < -0.3 is 4.90 Å². The highest BCUT2D eigenvalue weighted by Gasteiger charge is 2.29. The molecule has 0 saturated carbocycles. The molecule has 0 spiro atoms. The van der Waals surface area contributed by atoms with Gasteiger partial charge in [-0.25, -0.2) is 0 Å². The molecule has 7 aromatic rings. The summed E-state index contributed by atoms with van der Waals surface area (Å²) in [6.45, 7) is 9.21. The molecule has 1 heteroatoms. The summed E-state index contributed by atoms with van der Waals surface area (Å²) >= 11 is 0. The molecule has 0 heterocycles. The minimum Gasteiger partial charge on any atom is -0.310 e. The van der Waals surface area contributed by atoms with E-state index >= 15 is 0 Å². The topological polar surface area (TPSA) is 3.24 Å². The first-order valence-electron chi connectivity index (χ1n) is 18.5. The molecule has 0 amide bonds. The van der Waals surface area contributed by atoms with E-state index in [1.54, 1.807) is 0 Å². The maximum Gasteiger partial charge on any atom is 0.0465 e. The van der Waals surface area contributed by atoms with Crippen molar-refractivity contribution in [1.82, 2.24) is 0 Å². The van der Waals surface area contributed by atoms with Crippen molar-refractivity contribution in [3.63, 3.8) is 0 Å². The number of rotatable bonds is 8. The van der Waals surface area contributed by atoms with Gasteiger partial charge in [0.25, 0.3) is 0 Å². The molecular weight excluding hydrogens is 627 g/mol. The average molecular weight is 672 g/mol. The van der Waals surface area contributed by atoms with E-state index in [1.165, 1.54) is 66.9 Å². The fourth-order valence-corrected chi connectivity index (χ4v) is 7.84.